The van der Waals surface area contributed by atoms with Crippen molar-refractivity contribution in [3.05, 3.63) is 35.6 Å². The van der Waals surface area contributed by atoms with Gasteiger partial charge in [0.15, 0.2) is 0 Å². The van der Waals surface area contributed by atoms with Gasteiger partial charge in [0, 0.05) is 0 Å². The van der Waals surface area contributed by atoms with Gasteiger partial charge < -0.3 is 9.47 Å². The summed E-state index contributed by atoms with van der Waals surface area (Å²) in [6.07, 6.45) is 10.9. The quantitative estimate of drug-likeness (QED) is 0.288. The predicted molar refractivity (Wildman–Crippen MR) is 104 cm³/mol. The van der Waals surface area contributed by atoms with Gasteiger partial charge in [0.25, 0.3) is 0 Å². The van der Waals surface area contributed by atoms with E-state index < -0.39 is 5.97 Å². The number of rotatable bonds is 15. The summed E-state index contributed by atoms with van der Waals surface area (Å²) in [6.45, 7) is 2.71. The van der Waals surface area contributed by atoms with Gasteiger partial charge in [-0.15, -0.1) is 0 Å². The lowest BCUT2D eigenvalue weighted by molar-refractivity contribution is -0.151. The molecule has 0 spiro atoms. The number of hydrogen-bond acceptors (Lipinski definition) is 4. The Labute approximate surface area is 162 Å². The minimum Gasteiger partial charge on any atom is -0.466 e. The van der Waals surface area contributed by atoms with Gasteiger partial charge in [0.1, 0.15) is 12.4 Å². The second kappa shape index (κ2) is 15.2. The maximum atomic E-state index is 12.8. The van der Waals surface area contributed by atoms with Gasteiger partial charge in [0.05, 0.1) is 19.4 Å². The average molecular weight is 381 g/mol. The first-order chi connectivity index (χ1) is 13.1. The van der Waals surface area contributed by atoms with Crippen molar-refractivity contribution in [3.8, 4) is 0 Å². The van der Waals surface area contributed by atoms with E-state index in [1.54, 1.807) is 12.1 Å². The minimum atomic E-state index is -0.459. The summed E-state index contributed by atoms with van der Waals surface area (Å²) in [5, 5.41) is 0. The first-order valence-corrected chi connectivity index (χ1v) is 10.2. The van der Waals surface area contributed by atoms with Crippen LogP contribution in [0.1, 0.15) is 83.1 Å². The Morgan fingerprint density at radius 3 is 1.89 bits per heavy atom. The fourth-order valence-corrected chi connectivity index (χ4v) is 2.69. The SMILES string of the molecule is CCCCCCCCCCCOC(=O)CCC(=O)OCc1ccc(F)cc1. The molecule has 0 saturated carbocycles. The van der Waals surface area contributed by atoms with Crippen LogP contribution in [0.2, 0.25) is 0 Å². The Hall–Kier alpha value is -1.91. The largest absolute Gasteiger partial charge is 0.466 e. The number of ether oxygens (including phenoxy) is 2. The molecule has 0 fully saturated rings. The van der Waals surface area contributed by atoms with Crippen LogP contribution in [0.25, 0.3) is 0 Å². The van der Waals surface area contributed by atoms with E-state index in [2.05, 4.69) is 6.92 Å². The zero-order valence-corrected chi connectivity index (χ0v) is 16.5. The van der Waals surface area contributed by atoms with Crippen molar-refractivity contribution in [2.75, 3.05) is 6.61 Å². The number of halogens is 1. The topological polar surface area (TPSA) is 52.6 Å². The second-order valence-corrected chi connectivity index (χ2v) is 6.84. The summed E-state index contributed by atoms with van der Waals surface area (Å²) in [7, 11) is 0. The van der Waals surface area contributed by atoms with E-state index in [1.165, 1.54) is 57.1 Å². The summed E-state index contributed by atoms with van der Waals surface area (Å²) in [5.41, 5.74) is 0.706. The molecule has 1 rings (SSSR count). The average Bonchev–Trinajstić information content (AvgIpc) is 2.67. The Morgan fingerprint density at radius 2 is 1.30 bits per heavy atom. The van der Waals surface area contributed by atoms with Crippen molar-refractivity contribution in [1.82, 2.24) is 0 Å². The normalized spacial score (nSPS) is 10.6. The lowest BCUT2D eigenvalue weighted by Gasteiger charge is -2.06. The molecule has 0 aliphatic carbocycles. The fourth-order valence-electron chi connectivity index (χ4n) is 2.69. The highest BCUT2D eigenvalue weighted by Gasteiger charge is 2.09. The van der Waals surface area contributed by atoms with Crippen molar-refractivity contribution in [3.63, 3.8) is 0 Å². The summed E-state index contributed by atoms with van der Waals surface area (Å²) < 4.78 is 23.0. The van der Waals surface area contributed by atoms with E-state index in [0.717, 1.165) is 12.8 Å². The van der Waals surface area contributed by atoms with Gasteiger partial charge in [-0.25, -0.2) is 4.39 Å². The third kappa shape index (κ3) is 13.0. The molecule has 1 aromatic rings. The highest BCUT2D eigenvalue weighted by atomic mass is 19.1. The van der Waals surface area contributed by atoms with Gasteiger partial charge in [-0.05, 0) is 24.1 Å². The van der Waals surface area contributed by atoms with Crippen LogP contribution in [0.3, 0.4) is 0 Å². The molecule has 0 heterocycles. The smallest absolute Gasteiger partial charge is 0.306 e. The molecule has 0 aromatic heterocycles. The molecule has 0 radical (unpaired) electrons. The molecule has 0 N–H and O–H groups in total. The number of hydrogen-bond donors (Lipinski definition) is 0. The molecule has 0 amide bonds. The first kappa shape index (κ1) is 23.1. The maximum Gasteiger partial charge on any atom is 0.306 e. The van der Waals surface area contributed by atoms with Crippen LogP contribution in [0, 0.1) is 5.82 Å². The van der Waals surface area contributed by atoms with Crippen LogP contribution in [0.5, 0.6) is 0 Å². The molecular weight excluding hydrogens is 347 g/mol. The molecule has 0 aliphatic rings. The molecule has 5 heteroatoms. The zero-order chi connectivity index (χ0) is 19.7. The molecular formula is C22H33FO4. The van der Waals surface area contributed by atoms with Crippen molar-refractivity contribution in [1.29, 1.82) is 0 Å². The van der Waals surface area contributed by atoms with E-state index in [9.17, 15) is 14.0 Å². The lowest BCUT2D eigenvalue weighted by atomic mass is 10.1. The van der Waals surface area contributed by atoms with Crippen molar-refractivity contribution < 1.29 is 23.5 Å². The van der Waals surface area contributed by atoms with E-state index in [1.807, 2.05) is 0 Å². The molecule has 4 nitrogen and oxygen atoms in total. The number of benzene rings is 1. The fraction of sp³-hybridized carbons (Fsp3) is 0.636. The molecule has 0 bridgehead atoms. The van der Waals surface area contributed by atoms with Crippen LogP contribution in [0.4, 0.5) is 4.39 Å². The van der Waals surface area contributed by atoms with Crippen LogP contribution >= 0.6 is 0 Å². The maximum absolute atomic E-state index is 12.8. The standard InChI is InChI=1S/C22H33FO4/c1-2-3-4-5-6-7-8-9-10-17-26-21(24)15-16-22(25)27-18-19-11-13-20(23)14-12-19/h11-14H,2-10,15-18H2,1H3. The van der Waals surface area contributed by atoms with E-state index in [4.69, 9.17) is 9.47 Å². The second-order valence-electron chi connectivity index (χ2n) is 6.84. The number of carbonyl (C=O) groups is 2. The first-order valence-electron chi connectivity index (χ1n) is 10.2. The minimum absolute atomic E-state index is 0.00219. The van der Waals surface area contributed by atoms with Gasteiger partial charge in [-0.3, -0.25) is 9.59 Å². The number of esters is 2. The Morgan fingerprint density at radius 1 is 0.778 bits per heavy atom. The third-order valence-electron chi connectivity index (χ3n) is 4.36. The molecule has 0 unspecified atom stereocenters. The number of unbranched alkanes of at least 4 members (excludes halogenated alkanes) is 8. The predicted octanol–water partition coefficient (Wildman–Crippen LogP) is 5.72. The van der Waals surface area contributed by atoms with Gasteiger partial charge in [0.2, 0.25) is 0 Å². The van der Waals surface area contributed by atoms with Gasteiger partial charge in [-0.2, -0.15) is 0 Å². The highest BCUT2D eigenvalue weighted by Crippen LogP contribution is 2.10. The van der Waals surface area contributed by atoms with Crippen molar-refractivity contribution >= 4 is 11.9 Å². The third-order valence-corrected chi connectivity index (χ3v) is 4.36. The Kier molecular flexibility index (Phi) is 13.0. The number of carbonyl (C=O) groups excluding carboxylic acids is 2. The highest BCUT2D eigenvalue weighted by molar-refractivity contribution is 5.77. The molecule has 152 valence electrons. The van der Waals surface area contributed by atoms with Crippen molar-refractivity contribution in [2.45, 2.75) is 84.2 Å². The van der Waals surface area contributed by atoms with Crippen LogP contribution in [-0.4, -0.2) is 18.5 Å². The summed E-state index contributed by atoms with van der Waals surface area (Å²) in [4.78, 5) is 23.2. The summed E-state index contributed by atoms with van der Waals surface area (Å²) in [5.74, 6) is -1.16. The van der Waals surface area contributed by atoms with Crippen LogP contribution in [0.15, 0.2) is 24.3 Å². The van der Waals surface area contributed by atoms with Crippen LogP contribution in [-0.2, 0) is 25.7 Å². The Balaban J connectivity index is 1.94. The summed E-state index contributed by atoms with van der Waals surface area (Å²) >= 11 is 0. The molecule has 0 aliphatic heterocycles. The Bertz CT molecular complexity index is 528. The summed E-state index contributed by atoms with van der Waals surface area (Å²) in [6, 6.07) is 5.74. The van der Waals surface area contributed by atoms with E-state index in [-0.39, 0.29) is 31.2 Å². The van der Waals surface area contributed by atoms with E-state index in [0.29, 0.717) is 12.2 Å². The van der Waals surface area contributed by atoms with Crippen LogP contribution < -0.4 is 0 Å². The molecule has 0 atom stereocenters. The molecule has 27 heavy (non-hydrogen) atoms. The van der Waals surface area contributed by atoms with Gasteiger partial charge >= 0.3 is 11.9 Å². The zero-order valence-electron chi connectivity index (χ0n) is 16.5. The van der Waals surface area contributed by atoms with E-state index >= 15 is 0 Å². The van der Waals surface area contributed by atoms with Gasteiger partial charge in [-0.1, -0.05) is 70.4 Å². The lowest BCUT2D eigenvalue weighted by Crippen LogP contribution is -2.11. The molecule has 1 aromatic carbocycles. The van der Waals surface area contributed by atoms with Crippen molar-refractivity contribution in [2.24, 2.45) is 0 Å². The molecule has 0 saturated heterocycles. The monoisotopic (exact) mass is 380 g/mol.